The van der Waals surface area contributed by atoms with Gasteiger partial charge in [0.15, 0.2) is 6.23 Å². The first-order valence-electron chi connectivity index (χ1n) is 3.55. The lowest BCUT2D eigenvalue weighted by atomic mass is 10.1. The molecule has 1 unspecified atom stereocenters. The van der Waals surface area contributed by atoms with Gasteiger partial charge in [0.05, 0.1) is 5.56 Å². The number of fused-ring (bicyclic) bond motifs is 1. The number of anilines is 1. The predicted molar refractivity (Wildman–Crippen MR) is 43.2 cm³/mol. The standard InChI is InChI=1S/C8H8N2O2/c9-5-3-1-2-4-6(5)8(11)12-7(4)10/h1-3,7H,9-10H2. The average Bonchev–Trinajstić information content (AvgIpc) is 2.29. The van der Waals surface area contributed by atoms with E-state index in [0.29, 0.717) is 16.8 Å². The SMILES string of the molecule is Nc1cccc2c1C(=O)OC2N. The Morgan fingerprint density at radius 2 is 2.17 bits per heavy atom. The molecule has 1 atom stereocenters. The molecule has 1 aromatic rings. The van der Waals surface area contributed by atoms with E-state index in [1.165, 1.54) is 0 Å². The summed E-state index contributed by atoms with van der Waals surface area (Å²) in [4.78, 5) is 11.1. The van der Waals surface area contributed by atoms with Gasteiger partial charge in [-0.05, 0) is 6.07 Å². The maximum atomic E-state index is 11.1. The van der Waals surface area contributed by atoms with Crippen molar-refractivity contribution in [3.63, 3.8) is 0 Å². The quantitative estimate of drug-likeness (QED) is 0.429. The monoisotopic (exact) mass is 164 g/mol. The van der Waals surface area contributed by atoms with Gasteiger partial charge < -0.3 is 10.5 Å². The van der Waals surface area contributed by atoms with E-state index in [-0.39, 0.29) is 0 Å². The van der Waals surface area contributed by atoms with Crippen molar-refractivity contribution in [2.75, 3.05) is 5.73 Å². The van der Waals surface area contributed by atoms with Gasteiger partial charge in [-0.2, -0.15) is 0 Å². The molecule has 0 saturated carbocycles. The van der Waals surface area contributed by atoms with Gasteiger partial charge in [-0.15, -0.1) is 0 Å². The summed E-state index contributed by atoms with van der Waals surface area (Å²) in [5, 5.41) is 0. The molecule has 0 spiro atoms. The highest BCUT2D eigenvalue weighted by Crippen LogP contribution is 2.30. The summed E-state index contributed by atoms with van der Waals surface area (Å²) in [5.74, 6) is -0.435. The Balaban J connectivity index is 2.67. The summed E-state index contributed by atoms with van der Waals surface area (Å²) < 4.78 is 4.77. The van der Waals surface area contributed by atoms with Crippen molar-refractivity contribution in [3.8, 4) is 0 Å². The Hall–Kier alpha value is -1.55. The zero-order valence-corrected chi connectivity index (χ0v) is 6.28. The molecule has 2 rings (SSSR count). The molecule has 0 aliphatic carbocycles. The summed E-state index contributed by atoms with van der Waals surface area (Å²) in [6, 6.07) is 5.13. The lowest BCUT2D eigenvalue weighted by Crippen LogP contribution is -2.08. The summed E-state index contributed by atoms with van der Waals surface area (Å²) >= 11 is 0. The first-order chi connectivity index (χ1) is 5.70. The van der Waals surface area contributed by atoms with Gasteiger partial charge in [0.2, 0.25) is 0 Å². The molecular formula is C8H8N2O2. The largest absolute Gasteiger partial charge is 0.439 e. The molecule has 12 heavy (non-hydrogen) atoms. The minimum atomic E-state index is -0.656. The van der Waals surface area contributed by atoms with Crippen LogP contribution in [0, 0.1) is 0 Å². The van der Waals surface area contributed by atoms with E-state index in [1.807, 2.05) is 0 Å². The van der Waals surface area contributed by atoms with Gasteiger partial charge in [0, 0.05) is 11.3 Å². The Kier molecular flexibility index (Phi) is 1.31. The lowest BCUT2D eigenvalue weighted by molar-refractivity contribution is 0.0400. The molecule has 1 aromatic carbocycles. The summed E-state index contributed by atoms with van der Waals surface area (Å²) in [5.41, 5.74) is 12.6. The molecule has 0 saturated heterocycles. The Labute approximate surface area is 69.1 Å². The van der Waals surface area contributed by atoms with Crippen LogP contribution in [0.5, 0.6) is 0 Å². The van der Waals surface area contributed by atoms with E-state index in [9.17, 15) is 4.79 Å². The van der Waals surface area contributed by atoms with Crippen molar-refractivity contribution in [3.05, 3.63) is 29.3 Å². The number of rotatable bonds is 0. The van der Waals surface area contributed by atoms with E-state index < -0.39 is 12.2 Å². The third-order valence-corrected chi connectivity index (χ3v) is 1.87. The van der Waals surface area contributed by atoms with Gasteiger partial charge in [-0.1, -0.05) is 12.1 Å². The van der Waals surface area contributed by atoms with Crippen LogP contribution in [0.4, 0.5) is 5.69 Å². The molecule has 0 aromatic heterocycles. The molecule has 4 nitrogen and oxygen atoms in total. The van der Waals surface area contributed by atoms with Crippen molar-refractivity contribution in [2.24, 2.45) is 5.73 Å². The van der Waals surface area contributed by atoms with Crippen molar-refractivity contribution in [2.45, 2.75) is 6.23 Å². The molecule has 0 amide bonds. The van der Waals surface area contributed by atoms with Crippen LogP contribution in [0.2, 0.25) is 0 Å². The molecular weight excluding hydrogens is 156 g/mol. The Morgan fingerprint density at radius 1 is 1.42 bits per heavy atom. The molecule has 0 fully saturated rings. The van der Waals surface area contributed by atoms with Crippen molar-refractivity contribution < 1.29 is 9.53 Å². The van der Waals surface area contributed by atoms with Crippen molar-refractivity contribution >= 4 is 11.7 Å². The fourth-order valence-corrected chi connectivity index (χ4v) is 1.30. The van der Waals surface area contributed by atoms with Crippen molar-refractivity contribution in [1.29, 1.82) is 0 Å². The van der Waals surface area contributed by atoms with Gasteiger partial charge in [-0.3, -0.25) is 5.73 Å². The third-order valence-electron chi connectivity index (χ3n) is 1.87. The minimum Gasteiger partial charge on any atom is -0.439 e. The van der Waals surface area contributed by atoms with Crippen LogP contribution in [0.1, 0.15) is 22.1 Å². The minimum absolute atomic E-state index is 0.407. The summed E-state index contributed by atoms with van der Waals surface area (Å²) in [6.07, 6.45) is -0.656. The highest BCUT2D eigenvalue weighted by molar-refractivity contribution is 5.99. The summed E-state index contributed by atoms with van der Waals surface area (Å²) in [6.45, 7) is 0. The maximum absolute atomic E-state index is 11.1. The van der Waals surface area contributed by atoms with E-state index in [2.05, 4.69) is 0 Å². The number of carbonyl (C=O) groups is 1. The smallest absolute Gasteiger partial charge is 0.342 e. The number of esters is 1. The molecule has 0 bridgehead atoms. The van der Waals surface area contributed by atoms with Crippen LogP contribution in [0.15, 0.2) is 18.2 Å². The molecule has 1 aliphatic rings. The normalized spacial score (nSPS) is 20.4. The van der Waals surface area contributed by atoms with Crippen LogP contribution in [0.25, 0.3) is 0 Å². The average molecular weight is 164 g/mol. The van der Waals surface area contributed by atoms with Gasteiger partial charge in [0.25, 0.3) is 0 Å². The van der Waals surface area contributed by atoms with Gasteiger partial charge in [0.1, 0.15) is 0 Å². The molecule has 62 valence electrons. The first-order valence-corrected chi connectivity index (χ1v) is 3.55. The van der Waals surface area contributed by atoms with E-state index in [4.69, 9.17) is 16.2 Å². The van der Waals surface area contributed by atoms with Crippen LogP contribution in [0.3, 0.4) is 0 Å². The van der Waals surface area contributed by atoms with Crippen molar-refractivity contribution in [1.82, 2.24) is 0 Å². The lowest BCUT2D eigenvalue weighted by Gasteiger charge is -2.01. The number of ether oxygens (including phenoxy) is 1. The van der Waals surface area contributed by atoms with Crippen LogP contribution in [-0.2, 0) is 4.74 Å². The number of carbonyl (C=O) groups excluding carboxylic acids is 1. The molecule has 1 heterocycles. The van der Waals surface area contributed by atoms with Crippen LogP contribution in [-0.4, -0.2) is 5.97 Å². The molecule has 4 N–H and O–H groups in total. The number of hydrogen-bond acceptors (Lipinski definition) is 4. The molecule has 1 aliphatic heterocycles. The van der Waals surface area contributed by atoms with Crippen LogP contribution < -0.4 is 11.5 Å². The number of nitrogens with two attached hydrogens (primary N) is 2. The zero-order valence-electron chi connectivity index (χ0n) is 6.28. The van der Waals surface area contributed by atoms with Gasteiger partial charge in [-0.25, -0.2) is 4.79 Å². The topological polar surface area (TPSA) is 78.3 Å². The third kappa shape index (κ3) is 0.785. The van der Waals surface area contributed by atoms with E-state index in [0.717, 1.165) is 0 Å². The van der Waals surface area contributed by atoms with E-state index >= 15 is 0 Å². The fourth-order valence-electron chi connectivity index (χ4n) is 1.30. The second-order valence-corrected chi connectivity index (χ2v) is 2.64. The second-order valence-electron chi connectivity index (χ2n) is 2.64. The predicted octanol–water partition coefficient (Wildman–Crippen LogP) is 0.397. The first kappa shape index (κ1) is 7.12. The molecule has 4 heteroatoms. The Morgan fingerprint density at radius 3 is 2.83 bits per heavy atom. The fraction of sp³-hybridized carbons (Fsp3) is 0.125. The second kappa shape index (κ2) is 2.22. The van der Waals surface area contributed by atoms with Crippen LogP contribution >= 0.6 is 0 Å². The number of nitrogen functional groups attached to an aromatic ring is 1. The van der Waals surface area contributed by atoms with E-state index in [1.54, 1.807) is 18.2 Å². The number of hydrogen-bond donors (Lipinski definition) is 2. The summed E-state index contributed by atoms with van der Waals surface area (Å²) in [7, 11) is 0. The number of benzene rings is 1. The number of cyclic esters (lactones) is 1. The van der Waals surface area contributed by atoms with Gasteiger partial charge >= 0.3 is 5.97 Å². The molecule has 0 radical (unpaired) electrons. The highest BCUT2D eigenvalue weighted by Gasteiger charge is 2.29. The highest BCUT2D eigenvalue weighted by atomic mass is 16.6. The Bertz CT molecular complexity index is 349. The zero-order chi connectivity index (χ0) is 8.72. The maximum Gasteiger partial charge on any atom is 0.342 e.